The van der Waals surface area contributed by atoms with Crippen molar-refractivity contribution in [3.8, 4) is 5.75 Å². The minimum atomic E-state index is -0.0854. The standard InChI is InChI=1S/C21H25N3O2/c1-14(2)18-6-4-15(3)10-20(18)26-13-21(25)24-9-8-23-12-16-11-17(22)5-7-19(16)24/h4-7,10-12,14H,8-9,13,22H2,1-3H3. The lowest BCUT2D eigenvalue weighted by atomic mass is 10.0. The van der Waals surface area contributed by atoms with Crippen LogP contribution in [0.3, 0.4) is 0 Å². The highest BCUT2D eigenvalue weighted by Gasteiger charge is 2.21. The van der Waals surface area contributed by atoms with Crippen LogP contribution in [0.1, 0.15) is 36.5 Å². The first-order valence-corrected chi connectivity index (χ1v) is 8.89. The van der Waals surface area contributed by atoms with Gasteiger partial charge in [-0.2, -0.15) is 0 Å². The zero-order valence-electron chi connectivity index (χ0n) is 15.5. The summed E-state index contributed by atoms with van der Waals surface area (Å²) in [4.78, 5) is 18.9. The molecule has 2 aromatic rings. The molecule has 3 rings (SSSR count). The molecule has 0 saturated carbocycles. The summed E-state index contributed by atoms with van der Waals surface area (Å²) in [6.07, 6.45) is 1.78. The van der Waals surface area contributed by atoms with E-state index in [4.69, 9.17) is 10.5 Å². The van der Waals surface area contributed by atoms with Gasteiger partial charge in [-0.15, -0.1) is 0 Å². The fourth-order valence-corrected chi connectivity index (χ4v) is 3.08. The van der Waals surface area contributed by atoms with Gasteiger partial charge < -0.3 is 15.4 Å². The van der Waals surface area contributed by atoms with Crippen molar-refractivity contribution in [3.05, 3.63) is 53.1 Å². The Hall–Kier alpha value is -2.82. The van der Waals surface area contributed by atoms with Crippen molar-refractivity contribution in [2.24, 2.45) is 4.99 Å². The third kappa shape index (κ3) is 3.87. The Morgan fingerprint density at radius 2 is 2.08 bits per heavy atom. The third-order valence-corrected chi connectivity index (χ3v) is 4.47. The van der Waals surface area contributed by atoms with Crippen molar-refractivity contribution in [2.75, 3.05) is 30.3 Å². The predicted molar refractivity (Wildman–Crippen MR) is 106 cm³/mol. The van der Waals surface area contributed by atoms with Gasteiger partial charge in [-0.1, -0.05) is 26.0 Å². The number of anilines is 2. The first-order chi connectivity index (χ1) is 12.5. The van der Waals surface area contributed by atoms with Crippen LogP contribution < -0.4 is 15.4 Å². The Morgan fingerprint density at radius 3 is 2.85 bits per heavy atom. The van der Waals surface area contributed by atoms with Gasteiger partial charge in [0.2, 0.25) is 0 Å². The molecule has 136 valence electrons. The van der Waals surface area contributed by atoms with Crippen LogP contribution in [-0.2, 0) is 4.79 Å². The van der Waals surface area contributed by atoms with Gasteiger partial charge >= 0.3 is 0 Å². The number of nitrogens with two attached hydrogens (primary N) is 1. The zero-order chi connectivity index (χ0) is 18.7. The van der Waals surface area contributed by atoms with Gasteiger partial charge in [0.25, 0.3) is 5.91 Å². The SMILES string of the molecule is Cc1ccc(C(C)C)c(OCC(=O)N2CCN=Cc3cc(N)ccc32)c1. The maximum Gasteiger partial charge on any atom is 0.264 e. The monoisotopic (exact) mass is 351 g/mol. The highest BCUT2D eigenvalue weighted by molar-refractivity contribution is 6.01. The summed E-state index contributed by atoms with van der Waals surface area (Å²) in [5.74, 6) is 1.02. The van der Waals surface area contributed by atoms with E-state index in [9.17, 15) is 4.79 Å². The summed E-state index contributed by atoms with van der Waals surface area (Å²) < 4.78 is 5.92. The summed E-state index contributed by atoms with van der Waals surface area (Å²) in [6.45, 7) is 7.33. The number of ether oxygens (including phenoxy) is 1. The molecular formula is C21H25N3O2. The molecule has 0 bridgehead atoms. The van der Waals surface area contributed by atoms with E-state index in [-0.39, 0.29) is 12.5 Å². The topological polar surface area (TPSA) is 67.9 Å². The van der Waals surface area contributed by atoms with E-state index in [1.165, 1.54) is 0 Å². The molecule has 5 nitrogen and oxygen atoms in total. The number of nitrogen functional groups attached to an aromatic ring is 1. The number of aliphatic imine (C=N–C) groups is 1. The molecular weight excluding hydrogens is 326 g/mol. The van der Waals surface area contributed by atoms with E-state index >= 15 is 0 Å². The Kier molecular flexibility index (Phi) is 5.26. The Bertz CT molecular complexity index is 843. The number of benzodiazepines with no additional fused rings is 1. The molecule has 2 N–H and O–H groups in total. The number of aryl methyl sites for hydroxylation is 1. The molecule has 1 aliphatic rings. The Labute approximate surface area is 154 Å². The van der Waals surface area contributed by atoms with E-state index in [0.717, 1.165) is 28.1 Å². The van der Waals surface area contributed by atoms with Gasteiger partial charge in [0.1, 0.15) is 5.75 Å². The van der Waals surface area contributed by atoms with E-state index in [2.05, 4.69) is 31.0 Å². The second kappa shape index (κ2) is 7.60. The first kappa shape index (κ1) is 18.0. The lowest BCUT2D eigenvalue weighted by molar-refractivity contribution is -0.120. The molecule has 2 aromatic carbocycles. The smallest absolute Gasteiger partial charge is 0.264 e. The van der Waals surface area contributed by atoms with Crippen LogP contribution in [0.15, 0.2) is 41.4 Å². The average molecular weight is 351 g/mol. The summed E-state index contributed by atoms with van der Waals surface area (Å²) in [6, 6.07) is 11.6. The van der Waals surface area contributed by atoms with Crippen molar-refractivity contribution in [1.29, 1.82) is 0 Å². The highest BCUT2D eigenvalue weighted by Crippen LogP contribution is 2.28. The van der Waals surface area contributed by atoms with Crippen molar-refractivity contribution >= 4 is 23.5 Å². The van der Waals surface area contributed by atoms with Crippen LogP contribution in [0, 0.1) is 6.92 Å². The van der Waals surface area contributed by atoms with Crippen molar-refractivity contribution in [1.82, 2.24) is 0 Å². The molecule has 0 unspecified atom stereocenters. The van der Waals surface area contributed by atoms with Crippen LogP contribution in [0.4, 0.5) is 11.4 Å². The van der Waals surface area contributed by atoms with E-state index in [1.54, 1.807) is 17.2 Å². The first-order valence-electron chi connectivity index (χ1n) is 8.89. The molecule has 0 aromatic heterocycles. The number of hydrogen-bond donors (Lipinski definition) is 1. The normalized spacial score (nSPS) is 13.5. The summed E-state index contributed by atoms with van der Waals surface area (Å²) in [5, 5.41) is 0. The van der Waals surface area contributed by atoms with Crippen molar-refractivity contribution < 1.29 is 9.53 Å². The molecule has 5 heteroatoms. The maximum atomic E-state index is 12.9. The molecule has 0 saturated heterocycles. The largest absolute Gasteiger partial charge is 0.483 e. The van der Waals surface area contributed by atoms with Crippen molar-refractivity contribution in [3.63, 3.8) is 0 Å². The van der Waals surface area contributed by atoms with Crippen LogP contribution in [0.25, 0.3) is 0 Å². The fraction of sp³-hybridized carbons (Fsp3) is 0.333. The molecule has 0 atom stereocenters. The Morgan fingerprint density at radius 1 is 1.27 bits per heavy atom. The van der Waals surface area contributed by atoms with Gasteiger partial charge in [0, 0.05) is 24.0 Å². The second-order valence-corrected chi connectivity index (χ2v) is 6.88. The predicted octanol–water partition coefficient (Wildman–Crippen LogP) is 3.55. The van der Waals surface area contributed by atoms with Gasteiger partial charge in [-0.3, -0.25) is 9.79 Å². The minimum absolute atomic E-state index is 0.00695. The van der Waals surface area contributed by atoms with Gasteiger partial charge in [0.05, 0.1) is 12.2 Å². The second-order valence-electron chi connectivity index (χ2n) is 6.88. The molecule has 0 aliphatic carbocycles. The summed E-state index contributed by atoms with van der Waals surface area (Å²) in [5.41, 5.74) is 10.4. The Balaban J connectivity index is 1.79. The lowest BCUT2D eigenvalue weighted by Crippen LogP contribution is -2.37. The molecule has 0 radical (unpaired) electrons. The number of nitrogens with zero attached hydrogens (tertiary/aromatic N) is 2. The van der Waals surface area contributed by atoms with Gasteiger partial charge in [-0.05, 0) is 48.2 Å². The minimum Gasteiger partial charge on any atom is -0.483 e. The quantitative estimate of drug-likeness (QED) is 0.857. The van der Waals surface area contributed by atoms with Gasteiger partial charge in [-0.25, -0.2) is 0 Å². The number of benzene rings is 2. The lowest BCUT2D eigenvalue weighted by Gasteiger charge is -2.23. The van der Waals surface area contributed by atoms with E-state index < -0.39 is 0 Å². The molecule has 26 heavy (non-hydrogen) atoms. The highest BCUT2D eigenvalue weighted by atomic mass is 16.5. The number of amides is 1. The maximum absolute atomic E-state index is 12.9. The molecule has 0 spiro atoms. The number of carbonyl (C=O) groups excluding carboxylic acids is 1. The molecule has 1 amide bonds. The van der Waals surface area contributed by atoms with E-state index in [1.807, 2.05) is 25.1 Å². The summed E-state index contributed by atoms with van der Waals surface area (Å²) in [7, 11) is 0. The molecule has 1 aliphatic heterocycles. The fourth-order valence-electron chi connectivity index (χ4n) is 3.08. The molecule has 0 fully saturated rings. The van der Waals surface area contributed by atoms with Crippen LogP contribution in [0.5, 0.6) is 5.75 Å². The number of rotatable bonds is 4. The van der Waals surface area contributed by atoms with Gasteiger partial charge in [0.15, 0.2) is 6.61 Å². The number of carbonyl (C=O) groups is 1. The summed E-state index contributed by atoms with van der Waals surface area (Å²) >= 11 is 0. The zero-order valence-corrected chi connectivity index (χ0v) is 15.5. The van der Waals surface area contributed by atoms with E-state index in [0.29, 0.717) is 24.7 Å². The molecule has 1 heterocycles. The third-order valence-electron chi connectivity index (χ3n) is 4.47. The van der Waals surface area contributed by atoms with Crippen LogP contribution >= 0.6 is 0 Å². The number of hydrogen-bond acceptors (Lipinski definition) is 4. The number of fused-ring (bicyclic) bond motifs is 1. The average Bonchev–Trinajstić information content (AvgIpc) is 2.81. The van der Waals surface area contributed by atoms with Crippen molar-refractivity contribution in [2.45, 2.75) is 26.7 Å². The van der Waals surface area contributed by atoms with Crippen LogP contribution in [-0.4, -0.2) is 31.8 Å². The van der Waals surface area contributed by atoms with Crippen LogP contribution in [0.2, 0.25) is 0 Å².